The molecule has 0 aromatic heterocycles. The minimum absolute atomic E-state index is 0.688. The Hall–Kier alpha value is -1.10. The molecule has 11 heavy (non-hydrogen) atoms. The molecular formula is C5H5ClO5. The SMILES string of the molecule is O=C(O)C(=O)CC(Cl)C(=O)O. The van der Waals surface area contributed by atoms with Gasteiger partial charge in [0.25, 0.3) is 0 Å². The molecule has 5 nitrogen and oxygen atoms in total. The maximum atomic E-state index is 10.3. The van der Waals surface area contributed by atoms with E-state index >= 15 is 0 Å². The first-order chi connectivity index (χ1) is 4.95. The largest absolute Gasteiger partial charge is 0.480 e. The van der Waals surface area contributed by atoms with Gasteiger partial charge < -0.3 is 10.2 Å². The molecule has 0 amide bonds. The molecule has 0 aliphatic heterocycles. The number of ketones is 1. The standard InChI is InChI=1S/C5H5ClO5/c6-2(4(8)9)1-3(7)5(10)11/h2H,1H2,(H,8,9)(H,10,11). The van der Waals surface area contributed by atoms with Crippen LogP contribution in [0.5, 0.6) is 0 Å². The van der Waals surface area contributed by atoms with E-state index in [1.165, 1.54) is 0 Å². The van der Waals surface area contributed by atoms with Gasteiger partial charge in [-0.15, -0.1) is 11.6 Å². The molecule has 1 unspecified atom stereocenters. The fourth-order valence-corrected chi connectivity index (χ4v) is 0.478. The molecule has 0 rings (SSSR count). The van der Waals surface area contributed by atoms with Gasteiger partial charge >= 0.3 is 11.9 Å². The molecule has 0 fully saturated rings. The van der Waals surface area contributed by atoms with Crippen LogP contribution in [0.4, 0.5) is 0 Å². The van der Waals surface area contributed by atoms with E-state index in [1.807, 2.05) is 0 Å². The van der Waals surface area contributed by atoms with Crippen molar-refractivity contribution in [1.82, 2.24) is 0 Å². The summed E-state index contributed by atoms with van der Waals surface area (Å²) in [5.74, 6) is -4.27. The predicted molar refractivity (Wildman–Crippen MR) is 34.5 cm³/mol. The highest BCUT2D eigenvalue weighted by Crippen LogP contribution is 2.02. The first-order valence-corrected chi connectivity index (χ1v) is 3.01. The molecule has 0 aliphatic rings. The quantitative estimate of drug-likeness (QED) is 0.459. The van der Waals surface area contributed by atoms with Crippen LogP contribution in [0.15, 0.2) is 0 Å². The number of hydrogen-bond donors (Lipinski definition) is 2. The van der Waals surface area contributed by atoms with Crippen LogP contribution in [0.3, 0.4) is 0 Å². The van der Waals surface area contributed by atoms with Gasteiger partial charge in [0.1, 0.15) is 5.38 Å². The summed E-state index contributed by atoms with van der Waals surface area (Å²) in [5.41, 5.74) is 0. The summed E-state index contributed by atoms with van der Waals surface area (Å²) < 4.78 is 0. The third-order valence-electron chi connectivity index (χ3n) is 0.871. The molecule has 0 spiro atoms. The second kappa shape index (κ2) is 3.92. The van der Waals surface area contributed by atoms with Gasteiger partial charge in [0.05, 0.1) is 0 Å². The summed E-state index contributed by atoms with van der Waals surface area (Å²) in [4.78, 5) is 30.1. The van der Waals surface area contributed by atoms with Crippen LogP contribution < -0.4 is 0 Å². The Labute approximate surface area is 66.6 Å². The Morgan fingerprint density at radius 1 is 1.27 bits per heavy atom. The maximum Gasteiger partial charge on any atom is 0.372 e. The molecule has 0 aromatic carbocycles. The fraction of sp³-hybridized carbons (Fsp3) is 0.400. The lowest BCUT2D eigenvalue weighted by atomic mass is 10.2. The molecule has 6 heteroatoms. The lowest BCUT2D eigenvalue weighted by molar-refractivity contribution is -0.149. The van der Waals surface area contributed by atoms with Crippen molar-refractivity contribution in [3.05, 3.63) is 0 Å². The normalized spacial score (nSPS) is 12.1. The number of alkyl halides is 1. The molecule has 0 heterocycles. The van der Waals surface area contributed by atoms with E-state index < -0.39 is 29.5 Å². The Bertz CT molecular complexity index is 199. The van der Waals surface area contributed by atoms with E-state index in [9.17, 15) is 14.4 Å². The highest BCUT2D eigenvalue weighted by atomic mass is 35.5. The highest BCUT2D eigenvalue weighted by Gasteiger charge is 2.21. The van der Waals surface area contributed by atoms with E-state index in [2.05, 4.69) is 0 Å². The highest BCUT2D eigenvalue weighted by molar-refractivity contribution is 6.38. The second-order valence-electron chi connectivity index (χ2n) is 1.74. The average Bonchev–Trinajstić information content (AvgIpc) is 1.87. The van der Waals surface area contributed by atoms with Crippen molar-refractivity contribution in [3.8, 4) is 0 Å². The van der Waals surface area contributed by atoms with Crippen LogP contribution >= 0.6 is 11.6 Å². The Morgan fingerprint density at radius 2 is 1.73 bits per heavy atom. The first kappa shape index (κ1) is 9.90. The smallest absolute Gasteiger partial charge is 0.372 e. The average molecular weight is 181 g/mol. The number of carboxylic acids is 2. The van der Waals surface area contributed by atoms with Gasteiger partial charge in [-0.05, 0) is 0 Å². The number of carbonyl (C=O) groups is 3. The van der Waals surface area contributed by atoms with Gasteiger partial charge in [0, 0.05) is 6.42 Å². The zero-order valence-electron chi connectivity index (χ0n) is 5.28. The minimum atomic E-state index is -1.67. The number of carboxylic acid groups (broad SMARTS) is 2. The molecule has 0 saturated carbocycles. The second-order valence-corrected chi connectivity index (χ2v) is 2.27. The van der Waals surface area contributed by atoms with Crippen molar-refractivity contribution in [3.63, 3.8) is 0 Å². The van der Waals surface area contributed by atoms with Crippen molar-refractivity contribution in [2.45, 2.75) is 11.8 Å². The van der Waals surface area contributed by atoms with Gasteiger partial charge in [-0.3, -0.25) is 9.59 Å². The van der Waals surface area contributed by atoms with Crippen LogP contribution in [0.1, 0.15) is 6.42 Å². The summed E-state index contributed by atoms with van der Waals surface area (Å²) in [6, 6.07) is 0. The van der Waals surface area contributed by atoms with Gasteiger partial charge in [0.2, 0.25) is 5.78 Å². The van der Waals surface area contributed by atoms with Crippen molar-refractivity contribution < 1.29 is 24.6 Å². The maximum absolute atomic E-state index is 10.3. The molecule has 0 saturated heterocycles. The summed E-state index contributed by atoms with van der Waals surface area (Å²) >= 11 is 5.07. The van der Waals surface area contributed by atoms with Crippen molar-refractivity contribution in [1.29, 1.82) is 0 Å². The van der Waals surface area contributed by atoms with E-state index in [0.29, 0.717) is 0 Å². The van der Waals surface area contributed by atoms with Gasteiger partial charge in [-0.1, -0.05) is 0 Å². The molecule has 0 radical (unpaired) electrons. The fourth-order valence-electron chi connectivity index (χ4n) is 0.337. The van der Waals surface area contributed by atoms with E-state index in [1.54, 1.807) is 0 Å². The zero-order valence-corrected chi connectivity index (χ0v) is 6.04. The zero-order chi connectivity index (χ0) is 9.02. The number of carbonyl (C=O) groups excluding carboxylic acids is 1. The van der Waals surface area contributed by atoms with Crippen molar-refractivity contribution in [2.75, 3.05) is 0 Å². The number of aliphatic carboxylic acids is 2. The molecule has 2 N–H and O–H groups in total. The number of halogens is 1. The lowest BCUT2D eigenvalue weighted by Crippen LogP contribution is -2.22. The predicted octanol–water partition coefficient (Wildman–Crippen LogP) is -0.278. The topological polar surface area (TPSA) is 91.7 Å². The van der Waals surface area contributed by atoms with Crippen LogP contribution in [-0.2, 0) is 14.4 Å². The summed E-state index contributed by atoms with van der Waals surface area (Å²) in [7, 11) is 0. The molecule has 0 aliphatic carbocycles. The molecular weight excluding hydrogens is 176 g/mol. The molecule has 0 aromatic rings. The summed E-state index contributed by atoms with van der Waals surface area (Å²) in [5, 5.41) is 14.7. The number of hydrogen-bond acceptors (Lipinski definition) is 3. The molecule has 0 bridgehead atoms. The van der Waals surface area contributed by atoms with Crippen LogP contribution in [0.2, 0.25) is 0 Å². The number of Topliss-reactive ketones (excluding diaryl/α,β-unsaturated/α-hetero) is 1. The van der Waals surface area contributed by atoms with Crippen LogP contribution in [-0.4, -0.2) is 33.3 Å². The molecule has 1 atom stereocenters. The summed E-state index contributed by atoms with van der Waals surface area (Å²) in [6.07, 6.45) is -0.688. The van der Waals surface area contributed by atoms with E-state index in [-0.39, 0.29) is 0 Å². The Morgan fingerprint density at radius 3 is 2.00 bits per heavy atom. The van der Waals surface area contributed by atoms with Gasteiger partial charge in [-0.25, -0.2) is 4.79 Å². The van der Waals surface area contributed by atoms with Crippen molar-refractivity contribution in [2.24, 2.45) is 0 Å². The van der Waals surface area contributed by atoms with E-state index in [4.69, 9.17) is 21.8 Å². The first-order valence-electron chi connectivity index (χ1n) is 2.58. The van der Waals surface area contributed by atoms with E-state index in [0.717, 1.165) is 0 Å². The Balaban J connectivity index is 3.95. The van der Waals surface area contributed by atoms with Crippen LogP contribution in [0.25, 0.3) is 0 Å². The van der Waals surface area contributed by atoms with Gasteiger partial charge in [-0.2, -0.15) is 0 Å². The number of rotatable bonds is 4. The van der Waals surface area contributed by atoms with Gasteiger partial charge in [0.15, 0.2) is 0 Å². The third kappa shape index (κ3) is 3.57. The third-order valence-corrected chi connectivity index (χ3v) is 1.21. The Kier molecular flexibility index (Phi) is 3.53. The minimum Gasteiger partial charge on any atom is -0.480 e. The lowest BCUT2D eigenvalue weighted by Gasteiger charge is -1.98. The van der Waals surface area contributed by atoms with Crippen LogP contribution in [0, 0.1) is 0 Å². The summed E-state index contributed by atoms with van der Waals surface area (Å²) in [6.45, 7) is 0. The van der Waals surface area contributed by atoms with Crippen molar-refractivity contribution >= 4 is 29.3 Å². The molecule has 62 valence electrons. The monoisotopic (exact) mass is 180 g/mol.